The number of ether oxygens (including phenoxy) is 1. The number of nitrogens with one attached hydrogen (secondary N) is 1. The van der Waals surface area contributed by atoms with Gasteiger partial charge in [-0.05, 0) is 23.8 Å². The summed E-state index contributed by atoms with van der Waals surface area (Å²) in [5.74, 6) is 0.857. The fourth-order valence-electron chi connectivity index (χ4n) is 1.86. The van der Waals surface area contributed by atoms with Crippen LogP contribution in [0.1, 0.15) is 16.7 Å². The molecule has 0 heterocycles. The molecule has 0 saturated carbocycles. The number of nitriles is 1. The molecule has 102 valence electrons. The van der Waals surface area contributed by atoms with Gasteiger partial charge >= 0.3 is 0 Å². The van der Waals surface area contributed by atoms with Crippen molar-refractivity contribution in [3.05, 3.63) is 59.2 Å². The van der Waals surface area contributed by atoms with E-state index in [2.05, 4.69) is 11.4 Å². The molecule has 0 spiro atoms. The minimum atomic E-state index is 0.219. The number of hydrogen-bond donors (Lipinski definition) is 2. The highest BCUT2D eigenvalue weighted by molar-refractivity contribution is 5.39. The first-order valence-corrected chi connectivity index (χ1v) is 6.28. The zero-order valence-electron chi connectivity index (χ0n) is 11.3. The molecule has 0 aliphatic rings. The molecule has 0 aliphatic heterocycles. The van der Waals surface area contributed by atoms with Crippen LogP contribution in [0.4, 0.5) is 0 Å². The first kappa shape index (κ1) is 13.9. The van der Waals surface area contributed by atoms with Crippen LogP contribution in [0.3, 0.4) is 0 Å². The van der Waals surface area contributed by atoms with Crippen molar-refractivity contribution in [1.29, 1.82) is 5.26 Å². The van der Waals surface area contributed by atoms with Crippen molar-refractivity contribution in [1.82, 2.24) is 5.32 Å². The van der Waals surface area contributed by atoms with Crippen LogP contribution in [0.25, 0.3) is 0 Å². The number of aromatic hydroxyl groups is 1. The lowest BCUT2D eigenvalue weighted by Crippen LogP contribution is -2.12. The molecule has 0 bridgehead atoms. The van der Waals surface area contributed by atoms with Crippen molar-refractivity contribution in [2.24, 2.45) is 0 Å². The van der Waals surface area contributed by atoms with E-state index in [9.17, 15) is 5.11 Å². The van der Waals surface area contributed by atoms with E-state index in [0.29, 0.717) is 24.4 Å². The Balaban J connectivity index is 1.90. The van der Waals surface area contributed by atoms with Crippen LogP contribution in [0.2, 0.25) is 0 Å². The Bertz CT molecular complexity index is 615. The van der Waals surface area contributed by atoms with Gasteiger partial charge in [0.25, 0.3) is 0 Å². The summed E-state index contributed by atoms with van der Waals surface area (Å²) >= 11 is 0. The molecule has 20 heavy (non-hydrogen) atoms. The number of rotatable bonds is 5. The Hall–Kier alpha value is -2.51. The van der Waals surface area contributed by atoms with Gasteiger partial charge in [0, 0.05) is 24.7 Å². The number of hydrogen-bond acceptors (Lipinski definition) is 4. The molecule has 4 nitrogen and oxygen atoms in total. The van der Waals surface area contributed by atoms with E-state index in [1.165, 1.54) is 0 Å². The maximum Gasteiger partial charge on any atom is 0.123 e. The quantitative estimate of drug-likeness (QED) is 0.874. The normalized spacial score (nSPS) is 10.0. The summed E-state index contributed by atoms with van der Waals surface area (Å²) in [6.45, 7) is 1.24. The van der Waals surface area contributed by atoms with Crippen molar-refractivity contribution in [3.8, 4) is 17.6 Å². The van der Waals surface area contributed by atoms with Gasteiger partial charge in [-0.25, -0.2) is 0 Å². The molecule has 2 aromatic rings. The van der Waals surface area contributed by atoms with Crippen LogP contribution in [0.5, 0.6) is 11.5 Å². The highest BCUT2D eigenvalue weighted by atomic mass is 16.5. The average molecular weight is 268 g/mol. The summed E-state index contributed by atoms with van der Waals surface area (Å²) in [6, 6.07) is 14.8. The summed E-state index contributed by atoms with van der Waals surface area (Å²) in [7, 11) is 1.57. The van der Waals surface area contributed by atoms with E-state index in [1.54, 1.807) is 25.3 Å². The first-order valence-electron chi connectivity index (χ1n) is 6.28. The average Bonchev–Trinajstić information content (AvgIpc) is 2.49. The molecular weight excluding hydrogens is 252 g/mol. The molecule has 2 N–H and O–H groups in total. The number of methoxy groups -OCH3 is 1. The Kier molecular flexibility index (Phi) is 4.59. The van der Waals surface area contributed by atoms with Gasteiger partial charge in [0.2, 0.25) is 0 Å². The third-order valence-electron chi connectivity index (χ3n) is 3.02. The third-order valence-corrected chi connectivity index (χ3v) is 3.02. The molecule has 0 radical (unpaired) electrons. The molecule has 0 aliphatic carbocycles. The van der Waals surface area contributed by atoms with E-state index in [-0.39, 0.29) is 5.75 Å². The van der Waals surface area contributed by atoms with Gasteiger partial charge in [-0.3, -0.25) is 0 Å². The van der Waals surface area contributed by atoms with E-state index in [0.717, 1.165) is 11.1 Å². The Morgan fingerprint density at radius 2 is 1.90 bits per heavy atom. The van der Waals surface area contributed by atoms with Crippen molar-refractivity contribution >= 4 is 0 Å². The van der Waals surface area contributed by atoms with Crippen molar-refractivity contribution in [2.45, 2.75) is 13.1 Å². The highest BCUT2D eigenvalue weighted by Crippen LogP contribution is 2.23. The highest BCUT2D eigenvalue weighted by Gasteiger charge is 2.02. The van der Waals surface area contributed by atoms with E-state index in [4.69, 9.17) is 10.00 Å². The molecule has 0 atom stereocenters. The fourth-order valence-corrected chi connectivity index (χ4v) is 1.86. The number of phenolic OH excluding ortho intramolecular Hbond substituents is 1. The monoisotopic (exact) mass is 268 g/mol. The van der Waals surface area contributed by atoms with Crippen LogP contribution >= 0.6 is 0 Å². The van der Waals surface area contributed by atoms with Crippen LogP contribution in [0, 0.1) is 11.3 Å². The molecule has 2 rings (SSSR count). The zero-order chi connectivity index (χ0) is 14.4. The zero-order valence-corrected chi connectivity index (χ0v) is 11.3. The van der Waals surface area contributed by atoms with Crippen molar-refractivity contribution in [3.63, 3.8) is 0 Å². The maximum atomic E-state index is 9.83. The number of nitrogens with zero attached hydrogens (tertiary/aromatic N) is 1. The van der Waals surface area contributed by atoms with E-state index < -0.39 is 0 Å². The van der Waals surface area contributed by atoms with Crippen molar-refractivity contribution in [2.75, 3.05) is 7.11 Å². The molecule has 2 aromatic carbocycles. The third kappa shape index (κ3) is 3.50. The predicted octanol–water partition coefficient (Wildman–Crippen LogP) is 2.56. The van der Waals surface area contributed by atoms with Crippen LogP contribution in [-0.4, -0.2) is 12.2 Å². The van der Waals surface area contributed by atoms with Gasteiger partial charge in [0.1, 0.15) is 11.5 Å². The van der Waals surface area contributed by atoms with Gasteiger partial charge < -0.3 is 15.2 Å². The second-order valence-corrected chi connectivity index (χ2v) is 4.41. The molecule has 4 heteroatoms. The Morgan fingerprint density at radius 3 is 2.50 bits per heavy atom. The minimum Gasteiger partial charge on any atom is -0.507 e. The molecule has 0 amide bonds. The SMILES string of the molecule is COc1ccc(CNCc2ccc(C#N)cc2)c(O)c1. The summed E-state index contributed by atoms with van der Waals surface area (Å²) < 4.78 is 5.04. The van der Waals surface area contributed by atoms with Crippen LogP contribution in [-0.2, 0) is 13.1 Å². The van der Waals surface area contributed by atoms with Gasteiger partial charge in [0.15, 0.2) is 0 Å². The number of phenols is 1. The fraction of sp³-hybridized carbons (Fsp3) is 0.188. The molecular formula is C16H16N2O2. The summed E-state index contributed by atoms with van der Waals surface area (Å²) in [4.78, 5) is 0. The van der Waals surface area contributed by atoms with E-state index in [1.807, 2.05) is 24.3 Å². The standard InChI is InChI=1S/C16H16N2O2/c1-20-15-7-6-14(16(19)8-15)11-18-10-13-4-2-12(9-17)3-5-13/h2-8,18-19H,10-11H2,1H3. The lowest BCUT2D eigenvalue weighted by molar-refractivity contribution is 0.406. The second kappa shape index (κ2) is 6.60. The topological polar surface area (TPSA) is 65.3 Å². The van der Waals surface area contributed by atoms with Crippen molar-refractivity contribution < 1.29 is 9.84 Å². The van der Waals surface area contributed by atoms with Crippen LogP contribution in [0.15, 0.2) is 42.5 Å². The van der Waals surface area contributed by atoms with Crippen LogP contribution < -0.4 is 10.1 Å². The smallest absolute Gasteiger partial charge is 0.123 e. The second-order valence-electron chi connectivity index (χ2n) is 4.41. The Morgan fingerprint density at radius 1 is 1.15 bits per heavy atom. The molecule has 0 saturated heterocycles. The largest absolute Gasteiger partial charge is 0.507 e. The lowest BCUT2D eigenvalue weighted by Gasteiger charge is -2.08. The van der Waals surface area contributed by atoms with Gasteiger partial charge in [0.05, 0.1) is 18.7 Å². The van der Waals surface area contributed by atoms with Gasteiger partial charge in [-0.1, -0.05) is 18.2 Å². The van der Waals surface area contributed by atoms with Gasteiger partial charge in [-0.2, -0.15) is 5.26 Å². The number of benzene rings is 2. The summed E-state index contributed by atoms with van der Waals surface area (Å²) in [5.41, 5.74) is 2.57. The minimum absolute atomic E-state index is 0.219. The molecule has 0 unspecified atom stereocenters. The first-order chi connectivity index (χ1) is 9.72. The summed E-state index contributed by atoms with van der Waals surface area (Å²) in [6.07, 6.45) is 0. The molecule has 0 fully saturated rings. The molecule has 0 aromatic heterocycles. The Labute approximate surface area is 118 Å². The lowest BCUT2D eigenvalue weighted by atomic mass is 10.1. The van der Waals surface area contributed by atoms with Gasteiger partial charge in [-0.15, -0.1) is 0 Å². The predicted molar refractivity (Wildman–Crippen MR) is 76.4 cm³/mol. The summed E-state index contributed by atoms with van der Waals surface area (Å²) in [5, 5.41) is 21.8. The maximum absolute atomic E-state index is 9.83. The van der Waals surface area contributed by atoms with E-state index >= 15 is 0 Å².